The van der Waals surface area contributed by atoms with Crippen LogP contribution in [-0.4, -0.2) is 39.3 Å². The van der Waals surface area contributed by atoms with Crippen LogP contribution in [0.15, 0.2) is 48.8 Å². The van der Waals surface area contributed by atoms with Crippen LogP contribution in [0.1, 0.15) is 38.3 Å². The minimum Gasteiger partial charge on any atom is -0.371 e. The van der Waals surface area contributed by atoms with E-state index in [4.69, 9.17) is 4.98 Å². The summed E-state index contributed by atoms with van der Waals surface area (Å²) in [6, 6.07) is 13.0. The highest BCUT2D eigenvalue weighted by molar-refractivity contribution is 5.62. The Morgan fingerprint density at radius 2 is 1.89 bits per heavy atom. The maximum atomic E-state index is 4.73. The summed E-state index contributed by atoms with van der Waals surface area (Å²) in [6.45, 7) is 6.36. The van der Waals surface area contributed by atoms with Crippen molar-refractivity contribution in [1.82, 2.24) is 20.2 Å². The van der Waals surface area contributed by atoms with E-state index in [1.54, 1.807) is 0 Å². The zero-order valence-corrected chi connectivity index (χ0v) is 15.9. The maximum absolute atomic E-state index is 4.73. The first-order valence-electron chi connectivity index (χ1n) is 9.64. The lowest BCUT2D eigenvalue weighted by atomic mass is 10.0. The highest BCUT2D eigenvalue weighted by Crippen LogP contribution is 2.26. The van der Waals surface area contributed by atoms with Crippen molar-refractivity contribution in [2.75, 3.05) is 23.3 Å². The quantitative estimate of drug-likeness (QED) is 0.716. The number of anilines is 2. The van der Waals surface area contributed by atoms with E-state index in [-0.39, 0.29) is 0 Å². The summed E-state index contributed by atoms with van der Waals surface area (Å²) >= 11 is 0. The Morgan fingerprint density at radius 1 is 1.11 bits per heavy atom. The van der Waals surface area contributed by atoms with Crippen molar-refractivity contribution in [3.63, 3.8) is 0 Å². The average molecular weight is 362 g/mol. The average Bonchev–Trinajstić information content (AvgIpc) is 3.20. The largest absolute Gasteiger partial charge is 0.371 e. The number of nitrogens with one attached hydrogen (secondary N) is 2. The van der Waals surface area contributed by atoms with Gasteiger partial charge in [-0.15, -0.1) is 0 Å². The molecule has 1 aliphatic rings. The number of para-hydroxylation sites is 1. The SMILES string of the molecule is CC(C)c1n[nH]cc1-c1ccnc(NC2CCN(c3ccccc3)CC2)n1. The summed E-state index contributed by atoms with van der Waals surface area (Å²) in [6.07, 6.45) is 5.89. The number of aromatic nitrogens is 4. The number of aromatic amines is 1. The molecule has 1 saturated heterocycles. The summed E-state index contributed by atoms with van der Waals surface area (Å²) in [5.41, 5.74) is 4.30. The van der Waals surface area contributed by atoms with Gasteiger partial charge in [-0.2, -0.15) is 5.10 Å². The molecule has 1 aliphatic heterocycles. The van der Waals surface area contributed by atoms with Crippen molar-refractivity contribution in [2.45, 2.75) is 38.6 Å². The third kappa shape index (κ3) is 3.94. The molecule has 0 saturated carbocycles. The van der Waals surface area contributed by atoms with Crippen LogP contribution < -0.4 is 10.2 Å². The van der Waals surface area contributed by atoms with Gasteiger partial charge >= 0.3 is 0 Å². The van der Waals surface area contributed by atoms with Crippen LogP contribution in [0.5, 0.6) is 0 Å². The Kier molecular flexibility index (Phi) is 5.05. The number of hydrogen-bond acceptors (Lipinski definition) is 5. The second-order valence-corrected chi connectivity index (χ2v) is 7.35. The van der Waals surface area contributed by atoms with Gasteiger partial charge in [0, 0.05) is 42.8 Å². The molecule has 140 valence electrons. The first-order chi connectivity index (χ1) is 13.2. The third-order valence-electron chi connectivity index (χ3n) is 5.10. The molecule has 0 unspecified atom stereocenters. The first-order valence-corrected chi connectivity index (χ1v) is 9.64. The Morgan fingerprint density at radius 3 is 2.63 bits per heavy atom. The van der Waals surface area contributed by atoms with Crippen molar-refractivity contribution < 1.29 is 0 Å². The summed E-state index contributed by atoms with van der Waals surface area (Å²) in [5.74, 6) is 1.04. The van der Waals surface area contributed by atoms with Crippen LogP contribution in [0.2, 0.25) is 0 Å². The highest BCUT2D eigenvalue weighted by atomic mass is 15.2. The van der Waals surface area contributed by atoms with E-state index in [0.717, 1.165) is 42.9 Å². The van der Waals surface area contributed by atoms with E-state index in [1.807, 2.05) is 18.5 Å². The molecule has 1 aromatic carbocycles. The monoisotopic (exact) mass is 362 g/mol. The fourth-order valence-electron chi connectivity index (χ4n) is 3.63. The second kappa shape index (κ2) is 7.78. The summed E-state index contributed by atoms with van der Waals surface area (Å²) < 4.78 is 0. The maximum Gasteiger partial charge on any atom is 0.223 e. The van der Waals surface area contributed by atoms with Gasteiger partial charge in [-0.25, -0.2) is 9.97 Å². The van der Waals surface area contributed by atoms with E-state index in [2.05, 4.69) is 69.6 Å². The lowest BCUT2D eigenvalue weighted by Crippen LogP contribution is -2.39. The van der Waals surface area contributed by atoms with Gasteiger partial charge < -0.3 is 10.2 Å². The standard InChI is InChI=1S/C21H26N6/c1-15(2)20-18(14-23-26-20)19-8-11-22-21(25-19)24-16-9-12-27(13-10-16)17-6-4-3-5-7-17/h3-8,11,14-16H,9-10,12-13H2,1-2H3,(H,23,26)(H,22,24,25). The molecule has 27 heavy (non-hydrogen) atoms. The molecule has 0 radical (unpaired) electrons. The molecular weight excluding hydrogens is 336 g/mol. The third-order valence-corrected chi connectivity index (χ3v) is 5.10. The van der Waals surface area contributed by atoms with Gasteiger partial charge in [0.15, 0.2) is 0 Å². The van der Waals surface area contributed by atoms with Crippen LogP contribution >= 0.6 is 0 Å². The van der Waals surface area contributed by atoms with Crippen molar-refractivity contribution in [2.24, 2.45) is 0 Å². The topological polar surface area (TPSA) is 69.7 Å². The smallest absolute Gasteiger partial charge is 0.223 e. The predicted octanol–water partition coefficient (Wildman–Crippen LogP) is 4.07. The Bertz CT molecular complexity index is 865. The van der Waals surface area contributed by atoms with Crippen LogP contribution in [0.4, 0.5) is 11.6 Å². The van der Waals surface area contributed by atoms with Gasteiger partial charge in [-0.1, -0.05) is 32.0 Å². The molecule has 0 amide bonds. The minimum atomic E-state index is 0.347. The van der Waals surface area contributed by atoms with Crippen LogP contribution in [0, 0.1) is 0 Å². The van der Waals surface area contributed by atoms with Gasteiger partial charge in [0.2, 0.25) is 5.95 Å². The molecule has 2 N–H and O–H groups in total. The number of rotatable bonds is 5. The van der Waals surface area contributed by atoms with Gasteiger partial charge in [0.1, 0.15) is 0 Å². The van der Waals surface area contributed by atoms with Crippen molar-refractivity contribution in [1.29, 1.82) is 0 Å². The Hall–Kier alpha value is -2.89. The molecule has 0 atom stereocenters. The van der Waals surface area contributed by atoms with Gasteiger partial charge in [-0.3, -0.25) is 5.10 Å². The minimum absolute atomic E-state index is 0.347. The van der Waals surface area contributed by atoms with Crippen molar-refractivity contribution in [3.05, 3.63) is 54.5 Å². The summed E-state index contributed by atoms with van der Waals surface area (Å²) in [7, 11) is 0. The predicted molar refractivity (Wildman–Crippen MR) is 109 cm³/mol. The summed E-state index contributed by atoms with van der Waals surface area (Å²) in [5, 5.41) is 10.9. The lowest BCUT2D eigenvalue weighted by Gasteiger charge is -2.34. The van der Waals surface area contributed by atoms with Gasteiger partial charge in [-0.05, 0) is 37.0 Å². The van der Waals surface area contributed by atoms with E-state index in [9.17, 15) is 0 Å². The number of benzene rings is 1. The Labute approximate surface area is 160 Å². The van der Waals surface area contributed by atoms with E-state index < -0.39 is 0 Å². The van der Waals surface area contributed by atoms with E-state index in [1.165, 1.54) is 5.69 Å². The molecule has 4 rings (SSSR count). The molecule has 1 fully saturated rings. The van der Waals surface area contributed by atoms with Crippen molar-refractivity contribution >= 4 is 11.6 Å². The fourth-order valence-corrected chi connectivity index (χ4v) is 3.63. The van der Waals surface area contributed by atoms with Crippen LogP contribution in [0.3, 0.4) is 0 Å². The van der Waals surface area contributed by atoms with Crippen molar-refractivity contribution in [3.8, 4) is 11.3 Å². The zero-order chi connectivity index (χ0) is 18.6. The molecular formula is C21H26N6. The van der Waals surface area contributed by atoms with E-state index in [0.29, 0.717) is 17.9 Å². The first kappa shape index (κ1) is 17.5. The fraction of sp³-hybridized carbons (Fsp3) is 0.381. The van der Waals surface area contributed by atoms with Gasteiger partial charge in [0.05, 0.1) is 11.4 Å². The molecule has 3 heterocycles. The molecule has 0 spiro atoms. The number of piperidine rings is 1. The number of H-pyrrole nitrogens is 1. The highest BCUT2D eigenvalue weighted by Gasteiger charge is 2.20. The molecule has 0 bridgehead atoms. The Balaban J connectivity index is 1.42. The number of nitrogens with zero attached hydrogens (tertiary/aromatic N) is 4. The van der Waals surface area contributed by atoms with Crippen LogP contribution in [-0.2, 0) is 0 Å². The zero-order valence-electron chi connectivity index (χ0n) is 15.9. The number of hydrogen-bond donors (Lipinski definition) is 2. The summed E-state index contributed by atoms with van der Waals surface area (Å²) in [4.78, 5) is 11.6. The molecule has 2 aromatic heterocycles. The van der Waals surface area contributed by atoms with Gasteiger partial charge in [0.25, 0.3) is 0 Å². The normalized spacial score (nSPS) is 15.3. The molecule has 0 aliphatic carbocycles. The molecule has 6 nitrogen and oxygen atoms in total. The molecule has 6 heteroatoms. The second-order valence-electron chi connectivity index (χ2n) is 7.35. The van der Waals surface area contributed by atoms with Crippen LogP contribution in [0.25, 0.3) is 11.3 Å². The molecule has 3 aromatic rings. The lowest BCUT2D eigenvalue weighted by molar-refractivity contribution is 0.524. The van der Waals surface area contributed by atoms with E-state index >= 15 is 0 Å².